The van der Waals surface area contributed by atoms with Gasteiger partial charge in [0.25, 0.3) is 11.6 Å². The molecule has 132 valence electrons. The second-order valence-electron chi connectivity index (χ2n) is 5.82. The molecule has 25 heavy (non-hydrogen) atoms. The maximum absolute atomic E-state index is 12.3. The van der Waals surface area contributed by atoms with Gasteiger partial charge in [-0.3, -0.25) is 14.9 Å². The van der Waals surface area contributed by atoms with Gasteiger partial charge < -0.3 is 9.64 Å². The van der Waals surface area contributed by atoms with Crippen molar-refractivity contribution in [2.45, 2.75) is 26.3 Å². The first-order valence-corrected chi connectivity index (χ1v) is 8.14. The van der Waals surface area contributed by atoms with Crippen molar-refractivity contribution in [3.05, 3.63) is 69.8 Å². The summed E-state index contributed by atoms with van der Waals surface area (Å²) in [6.07, 6.45) is 0.947. The van der Waals surface area contributed by atoms with Crippen molar-refractivity contribution in [1.29, 1.82) is 0 Å². The summed E-state index contributed by atoms with van der Waals surface area (Å²) in [6, 6.07) is 13.6. The Labute approximate surface area is 147 Å². The summed E-state index contributed by atoms with van der Waals surface area (Å²) in [5.74, 6) is 0.445. The van der Waals surface area contributed by atoms with Crippen LogP contribution >= 0.6 is 0 Å². The highest BCUT2D eigenvalue weighted by Gasteiger charge is 2.19. The molecule has 0 unspecified atom stereocenters. The molecule has 0 saturated heterocycles. The number of nitro groups is 1. The lowest BCUT2D eigenvalue weighted by Crippen LogP contribution is -2.33. The van der Waals surface area contributed by atoms with Crippen molar-refractivity contribution in [3.63, 3.8) is 0 Å². The highest BCUT2D eigenvalue weighted by atomic mass is 16.6. The number of aryl methyl sites for hydroxylation is 1. The number of carbonyl (C=O) groups is 1. The SMILES string of the molecule is CCc1ccc(OCC(=O)N(C)[C@H](C)c2cccc([N+](=O)[O-])c2)cc1. The number of amides is 1. The summed E-state index contributed by atoms with van der Waals surface area (Å²) in [4.78, 5) is 24.3. The molecule has 0 saturated carbocycles. The lowest BCUT2D eigenvalue weighted by Gasteiger charge is -2.25. The lowest BCUT2D eigenvalue weighted by atomic mass is 10.1. The molecule has 0 aliphatic carbocycles. The molecule has 0 spiro atoms. The van der Waals surface area contributed by atoms with E-state index in [4.69, 9.17) is 4.74 Å². The molecule has 6 heteroatoms. The number of nitrogens with zero attached hydrogens (tertiary/aromatic N) is 2. The molecule has 0 fully saturated rings. The van der Waals surface area contributed by atoms with Gasteiger partial charge in [-0.2, -0.15) is 0 Å². The Balaban J connectivity index is 1.98. The van der Waals surface area contributed by atoms with Crippen LogP contribution in [0.5, 0.6) is 5.75 Å². The van der Waals surface area contributed by atoms with Crippen LogP contribution in [0.2, 0.25) is 0 Å². The average molecular weight is 342 g/mol. The van der Waals surface area contributed by atoms with Crippen LogP contribution in [0, 0.1) is 10.1 Å². The van der Waals surface area contributed by atoms with Crippen molar-refractivity contribution in [1.82, 2.24) is 4.90 Å². The van der Waals surface area contributed by atoms with Gasteiger partial charge in [-0.15, -0.1) is 0 Å². The van der Waals surface area contributed by atoms with E-state index in [0.717, 1.165) is 6.42 Å². The van der Waals surface area contributed by atoms with Gasteiger partial charge >= 0.3 is 0 Å². The molecule has 6 nitrogen and oxygen atoms in total. The summed E-state index contributed by atoms with van der Waals surface area (Å²) in [7, 11) is 1.66. The molecule has 0 aromatic heterocycles. The highest BCUT2D eigenvalue weighted by molar-refractivity contribution is 5.78. The van der Waals surface area contributed by atoms with Crippen LogP contribution in [0.3, 0.4) is 0 Å². The van der Waals surface area contributed by atoms with Gasteiger partial charge in [0.2, 0.25) is 0 Å². The van der Waals surface area contributed by atoms with E-state index < -0.39 is 4.92 Å². The minimum absolute atomic E-state index is 0.0115. The zero-order valence-electron chi connectivity index (χ0n) is 14.6. The molecule has 0 N–H and O–H groups in total. The Morgan fingerprint density at radius 2 is 1.92 bits per heavy atom. The standard InChI is InChI=1S/C19H22N2O4/c1-4-15-8-10-18(11-9-15)25-13-19(22)20(3)14(2)16-6-5-7-17(12-16)21(23)24/h5-12,14H,4,13H2,1-3H3/t14-/m1/s1. The van der Waals surface area contributed by atoms with Crippen molar-refractivity contribution < 1.29 is 14.5 Å². The van der Waals surface area contributed by atoms with Crippen LogP contribution in [-0.2, 0) is 11.2 Å². The van der Waals surface area contributed by atoms with E-state index in [1.165, 1.54) is 22.6 Å². The first-order chi connectivity index (χ1) is 11.9. The second-order valence-corrected chi connectivity index (χ2v) is 5.82. The Morgan fingerprint density at radius 3 is 2.52 bits per heavy atom. The van der Waals surface area contributed by atoms with Crippen LogP contribution in [0.1, 0.15) is 31.0 Å². The van der Waals surface area contributed by atoms with Gasteiger partial charge in [0.15, 0.2) is 6.61 Å². The number of non-ortho nitro benzene ring substituents is 1. The van der Waals surface area contributed by atoms with Gasteiger partial charge in [0.05, 0.1) is 11.0 Å². The predicted octanol–water partition coefficient (Wildman–Crippen LogP) is 3.76. The Morgan fingerprint density at radius 1 is 1.24 bits per heavy atom. The Bertz CT molecular complexity index is 743. The number of benzene rings is 2. The largest absolute Gasteiger partial charge is 0.484 e. The number of likely N-dealkylation sites (N-methyl/N-ethyl adjacent to an activating group) is 1. The fraction of sp³-hybridized carbons (Fsp3) is 0.316. The van der Waals surface area contributed by atoms with Gasteiger partial charge in [0.1, 0.15) is 5.75 Å². The fourth-order valence-electron chi connectivity index (χ4n) is 2.41. The molecule has 0 aliphatic rings. The number of ether oxygens (including phenoxy) is 1. The second kappa shape index (κ2) is 8.28. The third-order valence-electron chi connectivity index (χ3n) is 4.23. The van der Waals surface area contributed by atoms with E-state index in [9.17, 15) is 14.9 Å². The molecular formula is C19H22N2O4. The van der Waals surface area contributed by atoms with Gasteiger partial charge in [-0.05, 0) is 36.6 Å². The van der Waals surface area contributed by atoms with E-state index in [-0.39, 0.29) is 24.2 Å². The number of hydrogen-bond donors (Lipinski definition) is 0. The first kappa shape index (κ1) is 18.4. The smallest absolute Gasteiger partial charge is 0.269 e. The molecule has 2 rings (SSSR count). The van der Waals surface area contributed by atoms with Crippen LogP contribution in [-0.4, -0.2) is 29.4 Å². The molecule has 2 aromatic carbocycles. The quantitative estimate of drug-likeness (QED) is 0.567. The number of nitro benzene ring substituents is 1. The summed E-state index contributed by atoms with van der Waals surface area (Å²) in [5.41, 5.74) is 1.92. The van der Waals surface area contributed by atoms with Crippen LogP contribution < -0.4 is 4.74 Å². The topological polar surface area (TPSA) is 72.7 Å². The number of hydrogen-bond acceptors (Lipinski definition) is 4. The van der Waals surface area contributed by atoms with Crippen LogP contribution in [0.15, 0.2) is 48.5 Å². The zero-order valence-corrected chi connectivity index (χ0v) is 14.6. The minimum atomic E-state index is -0.443. The van der Waals surface area contributed by atoms with Crippen LogP contribution in [0.4, 0.5) is 5.69 Å². The molecular weight excluding hydrogens is 320 g/mol. The van der Waals surface area contributed by atoms with Gasteiger partial charge in [-0.1, -0.05) is 31.2 Å². The number of carbonyl (C=O) groups excluding carboxylic acids is 1. The monoisotopic (exact) mass is 342 g/mol. The molecule has 1 atom stereocenters. The van der Waals surface area contributed by atoms with E-state index in [2.05, 4.69) is 6.92 Å². The van der Waals surface area contributed by atoms with E-state index >= 15 is 0 Å². The molecule has 2 aromatic rings. The van der Waals surface area contributed by atoms with Crippen molar-refractivity contribution in [2.24, 2.45) is 0 Å². The minimum Gasteiger partial charge on any atom is -0.484 e. The van der Waals surface area contributed by atoms with Crippen molar-refractivity contribution in [2.75, 3.05) is 13.7 Å². The molecule has 0 bridgehead atoms. The Hall–Kier alpha value is -2.89. The number of rotatable bonds is 7. The third-order valence-corrected chi connectivity index (χ3v) is 4.23. The maximum atomic E-state index is 12.3. The maximum Gasteiger partial charge on any atom is 0.269 e. The average Bonchev–Trinajstić information content (AvgIpc) is 2.65. The fourth-order valence-corrected chi connectivity index (χ4v) is 2.41. The summed E-state index contributed by atoms with van der Waals surface area (Å²) >= 11 is 0. The Kier molecular flexibility index (Phi) is 6.11. The molecule has 1 amide bonds. The first-order valence-electron chi connectivity index (χ1n) is 8.14. The molecule has 0 radical (unpaired) electrons. The third kappa shape index (κ3) is 4.79. The lowest BCUT2D eigenvalue weighted by molar-refractivity contribution is -0.384. The van der Waals surface area contributed by atoms with Gasteiger partial charge in [-0.25, -0.2) is 0 Å². The summed E-state index contributed by atoms with van der Waals surface area (Å²) in [6.45, 7) is 3.82. The summed E-state index contributed by atoms with van der Waals surface area (Å²) in [5, 5.41) is 10.9. The van der Waals surface area contributed by atoms with Crippen LogP contribution in [0.25, 0.3) is 0 Å². The van der Waals surface area contributed by atoms with E-state index in [1.54, 1.807) is 19.2 Å². The van der Waals surface area contributed by atoms with E-state index in [1.807, 2.05) is 31.2 Å². The van der Waals surface area contributed by atoms with E-state index in [0.29, 0.717) is 11.3 Å². The van der Waals surface area contributed by atoms with Crippen molar-refractivity contribution in [3.8, 4) is 5.75 Å². The summed E-state index contributed by atoms with van der Waals surface area (Å²) < 4.78 is 5.54. The predicted molar refractivity (Wildman–Crippen MR) is 95.6 cm³/mol. The normalized spacial score (nSPS) is 11.6. The van der Waals surface area contributed by atoms with Gasteiger partial charge in [0, 0.05) is 19.2 Å². The molecule has 0 aliphatic heterocycles. The van der Waals surface area contributed by atoms with Crippen molar-refractivity contribution >= 4 is 11.6 Å². The highest BCUT2D eigenvalue weighted by Crippen LogP contribution is 2.23. The molecule has 0 heterocycles. The zero-order chi connectivity index (χ0) is 18.4.